The molecule has 1 aliphatic heterocycles. The maximum Gasteiger partial charge on any atom is 0.230 e. The number of rotatable bonds is 5. The zero-order chi connectivity index (χ0) is 17.9. The number of carbonyl (C=O) groups is 1. The molecule has 1 saturated carbocycles. The molecule has 0 atom stereocenters. The highest BCUT2D eigenvalue weighted by molar-refractivity contribution is 5.88. The number of hydrogen-bond acceptors (Lipinski definition) is 3. The van der Waals surface area contributed by atoms with Crippen LogP contribution in [0, 0.1) is 5.82 Å². The molecule has 1 saturated heterocycles. The van der Waals surface area contributed by atoms with Crippen LogP contribution in [-0.4, -0.2) is 49.2 Å². The van der Waals surface area contributed by atoms with E-state index in [4.69, 9.17) is 4.74 Å². The zero-order valence-corrected chi connectivity index (χ0v) is 15.3. The summed E-state index contributed by atoms with van der Waals surface area (Å²) < 4.78 is 19.1. The summed E-state index contributed by atoms with van der Waals surface area (Å²) in [6.45, 7) is 8.15. The summed E-state index contributed by atoms with van der Waals surface area (Å²) in [6.07, 6.45) is 3.61. The first kappa shape index (κ1) is 18.3. The Morgan fingerprint density at radius 2 is 1.96 bits per heavy atom. The van der Waals surface area contributed by atoms with Crippen LogP contribution in [0.1, 0.15) is 45.1 Å². The number of amides is 1. The molecule has 0 radical (unpaired) electrons. The van der Waals surface area contributed by atoms with E-state index in [-0.39, 0.29) is 17.3 Å². The van der Waals surface area contributed by atoms with E-state index in [9.17, 15) is 9.18 Å². The molecule has 0 spiro atoms. The first-order valence-corrected chi connectivity index (χ1v) is 9.31. The van der Waals surface area contributed by atoms with E-state index in [2.05, 4.69) is 24.1 Å². The standard InChI is InChI=1S/C20H29FN2O2/c1-19(2,23-10-12-25-13-11-23)15-22-18(24)20(8-3-4-9-20)16-6-5-7-17(21)14-16/h5-7,14H,3-4,8-13,15H2,1-2H3,(H,22,24). The number of ether oxygens (including phenoxy) is 1. The average molecular weight is 348 g/mol. The van der Waals surface area contributed by atoms with Gasteiger partial charge in [0.05, 0.1) is 18.6 Å². The van der Waals surface area contributed by atoms with Crippen LogP contribution in [-0.2, 0) is 14.9 Å². The molecular weight excluding hydrogens is 319 g/mol. The van der Waals surface area contributed by atoms with Gasteiger partial charge in [-0.1, -0.05) is 25.0 Å². The number of carbonyl (C=O) groups excluding carboxylic acids is 1. The Morgan fingerprint density at radius 1 is 1.28 bits per heavy atom. The van der Waals surface area contributed by atoms with Crippen LogP contribution < -0.4 is 5.32 Å². The molecule has 2 aliphatic rings. The highest BCUT2D eigenvalue weighted by Gasteiger charge is 2.43. The number of halogens is 1. The van der Waals surface area contributed by atoms with E-state index in [0.29, 0.717) is 6.54 Å². The van der Waals surface area contributed by atoms with Crippen LogP contribution in [0.2, 0.25) is 0 Å². The Bertz CT molecular complexity index is 605. The highest BCUT2D eigenvalue weighted by Crippen LogP contribution is 2.41. The van der Waals surface area contributed by atoms with Crippen molar-refractivity contribution in [2.45, 2.75) is 50.5 Å². The zero-order valence-electron chi connectivity index (χ0n) is 15.3. The summed E-state index contributed by atoms with van der Waals surface area (Å²) in [6, 6.07) is 6.56. The minimum Gasteiger partial charge on any atom is -0.379 e. The lowest BCUT2D eigenvalue weighted by molar-refractivity contribution is -0.127. The Hall–Kier alpha value is -1.46. The molecule has 0 bridgehead atoms. The molecule has 1 aromatic carbocycles. The lowest BCUT2D eigenvalue weighted by atomic mass is 9.77. The van der Waals surface area contributed by atoms with E-state index in [1.807, 2.05) is 6.07 Å². The summed E-state index contributed by atoms with van der Waals surface area (Å²) in [5, 5.41) is 3.18. The topological polar surface area (TPSA) is 41.6 Å². The van der Waals surface area contributed by atoms with Gasteiger partial charge in [0.1, 0.15) is 5.82 Å². The molecule has 138 valence electrons. The fourth-order valence-electron chi connectivity index (χ4n) is 4.16. The van der Waals surface area contributed by atoms with Crippen molar-refractivity contribution >= 4 is 5.91 Å². The number of nitrogens with one attached hydrogen (secondary N) is 1. The maximum absolute atomic E-state index is 13.7. The number of hydrogen-bond donors (Lipinski definition) is 1. The van der Waals surface area contributed by atoms with Crippen LogP contribution in [0.3, 0.4) is 0 Å². The van der Waals surface area contributed by atoms with Crippen molar-refractivity contribution < 1.29 is 13.9 Å². The van der Waals surface area contributed by atoms with Crippen molar-refractivity contribution in [2.75, 3.05) is 32.8 Å². The minimum absolute atomic E-state index is 0.0388. The molecule has 0 unspecified atom stereocenters. The highest BCUT2D eigenvalue weighted by atomic mass is 19.1. The van der Waals surface area contributed by atoms with Crippen molar-refractivity contribution in [1.82, 2.24) is 10.2 Å². The number of nitrogens with zero attached hydrogens (tertiary/aromatic N) is 1. The van der Waals surface area contributed by atoms with Crippen LogP contribution in [0.4, 0.5) is 4.39 Å². The fraction of sp³-hybridized carbons (Fsp3) is 0.650. The van der Waals surface area contributed by atoms with Gasteiger partial charge in [0.15, 0.2) is 0 Å². The summed E-state index contributed by atoms with van der Waals surface area (Å²) in [5.74, 6) is -0.234. The van der Waals surface area contributed by atoms with E-state index in [1.165, 1.54) is 12.1 Å². The molecule has 1 N–H and O–H groups in total. The normalized spacial score (nSPS) is 21.2. The second-order valence-corrected chi connectivity index (χ2v) is 7.89. The van der Waals surface area contributed by atoms with Gasteiger partial charge in [-0.25, -0.2) is 4.39 Å². The molecule has 1 aliphatic carbocycles. The Balaban J connectivity index is 1.71. The van der Waals surface area contributed by atoms with Gasteiger partial charge in [-0.3, -0.25) is 9.69 Å². The molecule has 0 aromatic heterocycles. The number of benzene rings is 1. The smallest absolute Gasteiger partial charge is 0.230 e. The molecule has 25 heavy (non-hydrogen) atoms. The lowest BCUT2D eigenvalue weighted by Crippen LogP contribution is -2.57. The van der Waals surface area contributed by atoms with E-state index < -0.39 is 5.41 Å². The van der Waals surface area contributed by atoms with Crippen molar-refractivity contribution in [2.24, 2.45) is 0 Å². The largest absolute Gasteiger partial charge is 0.379 e. The van der Waals surface area contributed by atoms with Gasteiger partial charge in [-0.15, -0.1) is 0 Å². The van der Waals surface area contributed by atoms with E-state index in [0.717, 1.165) is 57.6 Å². The van der Waals surface area contributed by atoms with Crippen LogP contribution in [0.25, 0.3) is 0 Å². The Labute approximate surface area is 149 Å². The van der Waals surface area contributed by atoms with Gasteiger partial charge >= 0.3 is 0 Å². The van der Waals surface area contributed by atoms with Crippen molar-refractivity contribution in [1.29, 1.82) is 0 Å². The molecular formula is C20H29FN2O2. The van der Waals surface area contributed by atoms with E-state index >= 15 is 0 Å². The van der Waals surface area contributed by atoms with Gasteiger partial charge in [0, 0.05) is 25.2 Å². The third-order valence-corrected chi connectivity index (χ3v) is 5.82. The van der Waals surface area contributed by atoms with Gasteiger partial charge in [-0.05, 0) is 44.4 Å². The lowest BCUT2D eigenvalue weighted by Gasteiger charge is -2.41. The van der Waals surface area contributed by atoms with Gasteiger partial charge in [0.25, 0.3) is 0 Å². The van der Waals surface area contributed by atoms with Gasteiger partial charge in [-0.2, -0.15) is 0 Å². The molecule has 4 nitrogen and oxygen atoms in total. The maximum atomic E-state index is 13.7. The van der Waals surface area contributed by atoms with Crippen LogP contribution >= 0.6 is 0 Å². The summed E-state index contributed by atoms with van der Waals surface area (Å²) in [5.41, 5.74) is 0.108. The Kier molecular flexibility index (Phi) is 5.44. The third-order valence-electron chi connectivity index (χ3n) is 5.82. The van der Waals surface area contributed by atoms with Crippen molar-refractivity contribution in [3.05, 3.63) is 35.6 Å². The summed E-state index contributed by atoms with van der Waals surface area (Å²) >= 11 is 0. The third kappa shape index (κ3) is 3.87. The second kappa shape index (κ2) is 7.42. The fourth-order valence-corrected chi connectivity index (χ4v) is 4.16. The van der Waals surface area contributed by atoms with Crippen LogP contribution in [0.5, 0.6) is 0 Å². The SMILES string of the molecule is CC(C)(CNC(=O)C1(c2cccc(F)c2)CCCC1)N1CCOCC1. The average Bonchev–Trinajstić information content (AvgIpc) is 3.12. The molecule has 2 fully saturated rings. The first-order chi connectivity index (χ1) is 11.9. The van der Waals surface area contributed by atoms with Crippen molar-refractivity contribution in [3.63, 3.8) is 0 Å². The van der Waals surface area contributed by atoms with Gasteiger partial charge < -0.3 is 10.1 Å². The predicted octanol–water partition coefficient (Wildman–Crippen LogP) is 2.86. The summed E-state index contributed by atoms with van der Waals surface area (Å²) in [4.78, 5) is 15.5. The van der Waals surface area contributed by atoms with Crippen LogP contribution in [0.15, 0.2) is 24.3 Å². The molecule has 1 heterocycles. The molecule has 5 heteroatoms. The van der Waals surface area contributed by atoms with E-state index in [1.54, 1.807) is 6.07 Å². The molecule has 3 rings (SSSR count). The predicted molar refractivity (Wildman–Crippen MR) is 96.0 cm³/mol. The molecule has 1 amide bonds. The monoisotopic (exact) mass is 348 g/mol. The summed E-state index contributed by atoms with van der Waals surface area (Å²) in [7, 11) is 0. The Morgan fingerprint density at radius 3 is 2.60 bits per heavy atom. The second-order valence-electron chi connectivity index (χ2n) is 7.89. The molecule has 1 aromatic rings. The first-order valence-electron chi connectivity index (χ1n) is 9.31. The van der Waals surface area contributed by atoms with Gasteiger partial charge in [0.2, 0.25) is 5.91 Å². The quantitative estimate of drug-likeness (QED) is 0.890. The minimum atomic E-state index is -0.580. The number of morpholine rings is 1. The van der Waals surface area contributed by atoms with Crippen molar-refractivity contribution in [3.8, 4) is 0 Å².